The molecule has 3 fully saturated rings. The topological polar surface area (TPSA) is 51.2 Å². The highest BCUT2D eigenvalue weighted by molar-refractivity contribution is 14.0. The maximum absolute atomic E-state index is 14.0. The summed E-state index contributed by atoms with van der Waals surface area (Å²) in [6, 6.07) is 7.30. The quantitative estimate of drug-likeness (QED) is 0.362. The number of carbonyl (C=O) groups is 1. The fourth-order valence-electron chi connectivity index (χ4n) is 4.40. The van der Waals surface area contributed by atoms with E-state index in [-0.39, 0.29) is 47.7 Å². The Morgan fingerprint density at radius 1 is 1.10 bits per heavy atom. The van der Waals surface area contributed by atoms with E-state index in [0.29, 0.717) is 13.1 Å². The number of halogens is 2. The summed E-state index contributed by atoms with van der Waals surface area (Å²) in [5.74, 6) is 1.29. The molecular formula is C22H33FIN5O. The van der Waals surface area contributed by atoms with Crippen molar-refractivity contribution in [3.8, 4) is 0 Å². The van der Waals surface area contributed by atoms with E-state index in [4.69, 9.17) is 0 Å². The first-order valence-electron chi connectivity index (χ1n) is 11.0. The SMILES string of the molecule is CCN=C(NC1CC1c1ccccc1F)N1CCN(CC(=O)N2CCCC2)CC1.I. The molecule has 1 aliphatic carbocycles. The molecule has 6 nitrogen and oxygen atoms in total. The maximum atomic E-state index is 14.0. The van der Waals surface area contributed by atoms with Crippen LogP contribution < -0.4 is 5.32 Å². The van der Waals surface area contributed by atoms with Crippen molar-refractivity contribution >= 4 is 35.8 Å². The number of rotatable bonds is 5. The van der Waals surface area contributed by atoms with Crippen LogP contribution in [0.3, 0.4) is 0 Å². The fraction of sp³-hybridized carbons (Fsp3) is 0.636. The van der Waals surface area contributed by atoms with Crippen LogP contribution in [0.1, 0.15) is 37.7 Å². The van der Waals surface area contributed by atoms with Crippen molar-refractivity contribution in [3.05, 3.63) is 35.6 Å². The maximum Gasteiger partial charge on any atom is 0.236 e. The third-order valence-electron chi connectivity index (χ3n) is 6.21. The summed E-state index contributed by atoms with van der Waals surface area (Å²) < 4.78 is 14.0. The molecule has 0 radical (unpaired) electrons. The lowest BCUT2D eigenvalue weighted by atomic mass is 10.1. The lowest BCUT2D eigenvalue weighted by Crippen LogP contribution is -2.54. The normalized spacial score (nSPS) is 24.5. The van der Waals surface area contributed by atoms with E-state index in [0.717, 1.165) is 70.1 Å². The second-order valence-electron chi connectivity index (χ2n) is 8.26. The second kappa shape index (κ2) is 10.7. The van der Waals surface area contributed by atoms with Crippen LogP contribution in [0.25, 0.3) is 0 Å². The highest BCUT2D eigenvalue weighted by Crippen LogP contribution is 2.41. The fourth-order valence-corrected chi connectivity index (χ4v) is 4.40. The average molecular weight is 529 g/mol. The molecule has 1 amide bonds. The molecule has 2 unspecified atom stereocenters. The van der Waals surface area contributed by atoms with Gasteiger partial charge in [-0.1, -0.05) is 18.2 Å². The van der Waals surface area contributed by atoms with E-state index in [1.165, 1.54) is 6.07 Å². The molecule has 8 heteroatoms. The molecule has 1 saturated carbocycles. The summed E-state index contributed by atoms with van der Waals surface area (Å²) in [6.45, 7) is 8.56. The summed E-state index contributed by atoms with van der Waals surface area (Å²) in [4.78, 5) is 23.6. The largest absolute Gasteiger partial charge is 0.353 e. The van der Waals surface area contributed by atoms with Crippen molar-refractivity contribution in [3.63, 3.8) is 0 Å². The van der Waals surface area contributed by atoms with Gasteiger partial charge in [0.15, 0.2) is 5.96 Å². The number of nitrogens with one attached hydrogen (secondary N) is 1. The molecule has 3 aliphatic rings. The van der Waals surface area contributed by atoms with Crippen LogP contribution in [-0.4, -0.2) is 85.0 Å². The molecule has 0 spiro atoms. The lowest BCUT2D eigenvalue weighted by Gasteiger charge is -2.36. The van der Waals surface area contributed by atoms with Crippen LogP contribution in [0.5, 0.6) is 0 Å². The minimum atomic E-state index is -0.118. The van der Waals surface area contributed by atoms with Gasteiger partial charge in [-0.2, -0.15) is 0 Å². The molecule has 2 aliphatic heterocycles. The van der Waals surface area contributed by atoms with Crippen LogP contribution >= 0.6 is 24.0 Å². The van der Waals surface area contributed by atoms with E-state index in [1.54, 1.807) is 6.07 Å². The number of carbonyl (C=O) groups excluding carboxylic acids is 1. The van der Waals surface area contributed by atoms with Crippen molar-refractivity contribution in [1.29, 1.82) is 0 Å². The molecule has 1 aromatic carbocycles. The van der Waals surface area contributed by atoms with Gasteiger partial charge in [0.1, 0.15) is 5.82 Å². The number of hydrogen-bond donors (Lipinski definition) is 1. The Kier molecular flexibility index (Phi) is 8.33. The third-order valence-corrected chi connectivity index (χ3v) is 6.21. The van der Waals surface area contributed by atoms with Crippen LogP contribution in [0.2, 0.25) is 0 Å². The van der Waals surface area contributed by atoms with Crippen LogP contribution in [0, 0.1) is 5.82 Å². The molecule has 2 heterocycles. The Labute approximate surface area is 195 Å². The number of benzene rings is 1. The number of amides is 1. The van der Waals surface area contributed by atoms with E-state index in [1.807, 2.05) is 24.0 Å². The first-order valence-corrected chi connectivity index (χ1v) is 11.0. The highest BCUT2D eigenvalue weighted by atomic mass is 127. The monoisotopic (exact) mass is 529 g/mol. The van der Waals surface area contributed by atoms with Gasteiger partial charge in [-0.25, -0.2) is 4.39 Å². The standard InChI is InChI=1S/C22H32FN5O.HI/c1-2-24-22(25-20-15-18(20)17-7-3-4-8-19(17)23)28-13-11-26(12-14-28)16-21(29)27-9-5-6-10-27;/h3-4,7-8,18,20H,2,5-6,9-16H2,1H3,(H,24,25);1H. The predicted molar refractivity (Wildman–Crippen MR) is 128 cm³/mol. The summed E-state index contributed by atoms with van der Waals surface area (Å²) in [5.41, 5.74) is 0.797. The zero-order valence-corrected chi connectivity index (χ0v) is 20.1. The molecule has 2 atom stereocenters. The highest BCUT2D eigenvalue weighted by Gasteiger charge is 2.41. The predicted octanol–water partition coefficient (Wildman–Crippen LogP) is 2.51. The summed E-state index contributed by atoms with van der Waals surface area (Å²) in [6.07, 6.45) is 3.21. The van der Waals surface area contributed by atoms with Crippen LogP contribution in [0.15, 0.2) is 29.3 Å². The zero-order chi connectivity index (χ0) is 20.2. The van der Waals surface area contributed by atoms with Crippen LogP contribution in [-0.2, 0) is 4.79 Å². The molecule has 30 heavy (non-hydrogen) atoms. The van der Waals surface area contributed by atoms with Gasteiger partial charge >= 0.3 is 0 Å². The Morgan fingerprint density at radius 3 is 2.47 bits per heavy atom. The van der Waals surface area contributed by atoms with Gasteiger partial charge in [0.05, 0.1) is 6.54 Å². The molecule has 0 bridgehead atoms. The zero-order valence-electron chi connectivity index (χ0n) is 17.7. The number of aliphatic imine (C=N–C) groups is 1. The first kappa shape index (κ1) is 23.2. The average Bonchev–Trinajstić information content (AvgIpc) is 3.25. The molecule has 4 rings (SSSR count). The number of guanidine groups is 1. The molecule has 0 aromatic heterocycles. The Bertz CT molecular complexity index is 747. The second-order valence-corrected chi connectivity index (χ2v) is 8.26. The van der Waals surface area contributed by atoms with Crippen LogP contribution in [0.4, 0.5) is 4.39 Å². The van der Waals surface area contributed by atoms with Crippen molar-refractivity contribution < 1.29 is 9.18 Å². The van der Waals surface area contributed by atoms with Gasteiger partial charge in [-0.3, -0.25) is 14.7 Å². The van der Waals surface area contributed by atoms with E-state index in [2.05, 4.69) is 20.1 Å². The van der Waals surface area contributed by atoms with E-state index < -0.39 is 0 Å². The van der Waals surface area contributed by atoms with Gasteiger partial charge in [-0.05, 0) is 37.8 Å². The Balaban J connectivity index is 0.00000256. The lowest BCUT2D eigenvalue weighted by molar-refractivity contribution is -0.131. The minimum Gasteiger partial charge on any atom is -0.353 e. The van der Waals surface area contributed by atoms with Gasteiger partial charge in [0, 0.05) is 57.8 Å². The number of nitrogens with zero attached hydrogens (tertiary/aromatic N) is 4. The summed E-state index contributed by atoms with van der Waals surface area (Å²) in [7, 11) is 0. The van der Waals surface area contributed by atoms with Gasteiger partial charge < -0.3 is 15.1 Å². The molecule has 166 valence electrons. The molecular weight excluding hydrogens is 496 g/mol. The van der Waals surface area contributed by atoms with Gasteiger partial charge in [-0.15, -0.1) is 24.0 Å². The molecule has 1 N–H and O–H groups in total. The summed E-state index contributed by atoms with van der Waals surface area (Å²) >= 11 is 0. The number of piperazine rings is 1. The Hall–Kier alpha value is -1.42. The van der Waals surface area contributed by atoms with Gasteiger partial charge in [0.2, 0.25) is 5.91 Å². The van der Waals surface area contributed by atoms with Crippen molar-refractivity contribution in [2.75, 3.05) is 52.4 Å². The van der Waals surface area contributed by atoms with E-state index >= 15 is 0 Å². The smallest absolute Gasteiger partial charge is 0.236 e. The third kappa shape index (κ3) is 5.63. The Morgan fingerprint density at radius 2 is 1.80 bits per heavy atom. The minimum absolute atomic E-state index is 0. The number of hydrogen-bond acceptors (Lipinski definition) is 3. The molecule has 2 saturated heterocycles. The van der Waals surface area contributed by atoms with Crippen molar-refractivity contribution in [2.45, 2.75) is 38.1 Å². The summed E-state index contributed by atoms with van der Waals surface area (Å²) in [5, 5.41) is 3.55. The van der Waals surface area contributed by atoms with E-state index in [9.17, 15) is 9.18 Å². The number of likely N-dealkylation sites (tertiary alicyclic amines) is 1. The van der Waals surface area contributed by atoms with Crippen molar-refractivity contribution in [1.82, 2.24) is 20.0 Å². The molecule has 1 aromatic rings. The van der Waals surface area contributed by atoms with Gasteiger partial charge in [0.25, 0.3) is 0 Å². The van der Waals surface area contributed by atoms with Crippen molar-refractivity contribution in [2.24, 2.45) is 4.99 Å². The first-order chi connectivity index (χ1) is 14.2.